The Labute approximate surface area is 120 Å². The molecule has 106 valence electrons. The van der Waals surface area contributed by atoms with Gasteiger partial charge in [0.1, 0.15) is 5.75 Å². The molecule has 1 N–H and O–H groups in total. The number of ether oxygens (including phenoxy) is 2. The van der Waals surface area contributed by atoms with Gasteiger partial charge in [-0.2, -0.15) is 0 Å². The molecular formula is C17H21NO2. The first-order valence-electron chi connectivity index (χ1n) is 6.77. The number of para-hydroxylation sites is 1. The highest BCUT2D eigenvalue weighted by Crippen LogP contribution is 2.24. The molecule has 0 bridgehead atoms. The van der Waals surface area contributed by atoms with Gasteiger partial charge in [0.05, 0.1) is 26.4 Å². The highest BCUT2D eigenvalue weighted by atomic mass is 16.5. The quantitative estimate of drug-likeness (QED) is 0.839. The lowest BCUT2D eigenvalue weighted by Gasteiger charge is -2.19. The van der Waals surface area contributed by atoms with Crippen LogP contribution in [0.4, 0.5) is 0 Å². The molecule has 0 saturated carbocycles. The van der Waals surface area contributed by atoms with Crippen molar-refractivity contribution in [1.29, 1.82) is 0 Å². The molecule has 0 aliphatic rings. The van der Waals surface area contributed by atoms with Crippen molar-refractivity contribution in [3.63, 3.8) is 0 Å². The van der Waals surface area contributed by atoms with Gasteiger partial charge >= 0.3 is 0 Å². The fraction of sp³-hybridized carbons (Fsp3) is 0.294. The number of rotatable bonds is 7. The zero-order chi connectivity index (χ0) is 14.2. The van der Waals surface area contributed by atoms with Gasteiger partial charge < -0.3 is 14.8 Å². The van der Waals surface area contributed by atoms with E-state index < -0.39 is 0 Å². The Balaban J connectivity index is 1.95. The Morgan fingerprint density at radius 2 is 1.70 bits per heavy atom. The largest absolute Gasteiger partial charge is 0.496 e. The summed E-state index contributed by atoms with van der Waals surface area (Å²) in [4.78, 5) is 0. The van der Waals surface area contributed by atoms with Crippen molar-refractivity contribution in [1.82, 2.24) is 5.32 Å². The highest BCUT2D eigenvalue weighted by molar-refractivity contribution is 5.35. The van der Waals surface area contributed by atoms with E-state index >= 15 is 0 Å². The molecule has 0 fully saturated rings. The standard InChI is InChI=1S/C17H21NO2/c1-18-16(15-10-6-7-11-17(15)19-2)13-20-12-14-8-4-3-5-9-14/h3-11,16,18H,12-13H2,1-2H3. The van der Waals surface area contributed by atoms with Crippen molar-refractivity contribution >= 4 is 0 Å². The summed E-state index contributed by atoms with van der Waals surface area (Å²) in [5, 5.41) is 3.27. The average Bonchev–Trinajstić information content (AvgIpc) is 2.53. The van der Waals surface area contributed by atoms with Gasteiger partial charge in [-0.05, 0) is 18.7 Å². The lowest BCUT2D eigenvalue weighted by atomic mass is 10.1. The molecule has 0 spiro atoms. The van der Waals surface area contributed by atoms with Crippen LogP contribution in [0, 0.1) is 0 Å². The van der Waals surface area contributed by atoms with E-state index in [1.165, 1.54) is 5.56 Å². The molecule has 3 nitrogen and oxygen atoms in total. The Hall–Kier alpha value is -1.84. The Bertz CT molecular complexity index is 513. The molecule has 0 saturated heterocycles. The monoisotopic (exact) mass is 271 g/mol. The minimum atomic E-state index is 0.120. The third kappa shape index (κ3) is 3.83. The van der Waals surface area contributed by atoms with Crippen LogP contribution in [0.15, 0.2) is 54.6 Å². The van der Waals surface area contributed by atoms with E-state index in [4.69, 9.17) is 9.47 Å². The smallest absolute Gasteiger partial charge is 0.123 e. The predicted molar refractivity (Wildman–Crippen MR) is 80.9 cm³/mol. The summed E-state index contributed by atoms with van der Waals surface area (Å²) in [5.41, 5.74) is 2.30. The number of hydrogen-bond acceptors (Lipinski definition) is 3. The molecule has 0 radical (unpaired) electrons. The van der Waals surface area contributed by atoms with Crippen LogP contribution in [-0.4, -0.2) is 20.8 Å². The van der Waals surface area contributed by atoms with Crippen LogP contribution in [0.3, 0.4) is 0 Å². The minimum absolute atomic E-state index is 0.120. The lowest BCUT2D eigenvalue weighted by Crippen LogP contribution is -2.22. The van der Waals surface area contributed by atoms with E-state index in [-0.39, 0.29) is 6.04 Å². The van der Waals surface area contributed by atoms with Crippen LogP contribution < -0.4 is 10.1 Å². The van der Waals surface area contributed by atoms with Crippen molar-refractivity contribution in [2.24, 2.45) is 0 Å². The summed E-state index contributed by atoms with van der Waals surface area (Å²) in [7, 11) is 3.62. The fourth-order valence-corrected chi connectivity index (χ4v) is 2.15. The van der Waals surface area contributed by atoms with Crippen LogP contribution in [0.5, 0.6) is 5.75 Å². The topological polar surface area (TPSA) is 30.5 Å². The van der Waals surface area contributed by atoms with Gasteiger partial charge in [0.25, 0.3) is 0 Å². The Morgan fingerprint density at radius 1 is 1.00 bits per heavy atom. The number of likely N-dealkylation sites (N-methyl/N-ethyl adjacent to an activating group) is 1. The van der Waals surface area contributed by atoms with Crippen molar-refractivity contribution < 1.29 is 9.47 Å². The maximum Gasteiger partial charge on any atom is 0.123 e. The summed E-state index contributed by atoms with van der Waals surface area (Å²) in [6.07, 6.45) is 0. The number of nitrogens with one attached hydrogen (secondary N) is 1. The van der Waals surface area contributed by atoms with Crippen molar-refractivity contribution in [2.75, 3.05) is 20.8 Å². The zero-order valence-electron chi connectivity index (χ0n) is 12.0. The molecule has 2 aromatic carbocycles. The summed E-state index contributed by atoms with van der Waals surface area (Å²) in [5.74, 6) is 0.884. The second kappa shape index (κ2) is 7.68. The van der Waals surface area contributed by atoms with Gasteiger partial charge in [-0.1, -0.05) is 48.5 Å². The van der Waals surface area contributed by atoms with Gasteiger partial charge in [0, 0.05) is 5.56 Å². The molecule has 2 aromatic rings. The fourth-order valence-electron chi connectivity index (χ4n) is 2.15. The minimum Gasteiger partial charge on any atom is -0.496 e. The van der Waals surface area contributed by atoms with E-state index in [0.29, 0.717) is 13.2 Å². The van der Waals surface area contributed by atoms with Crippen LogP contribution in [0.25, 0.3) is 0 Å². The highest BCUT2D eigenvalue weighted by Gasteiger charge is 2.13. The van der Waals surface area contributed by atoms with Gasteiger partial charge in [-0.15, -0.1) is 0 Å². The summed E-state index contributed by atoms with van der Waals surface area (Å²) >= 11 is 0. The Morgan fingerprint density at radius 3 is 2.40 bits per heavy atom. The van der Waals surface area contributed by atoms with Crippen molar-refractivity contribution in [3.05, 3.63) is 65.7 Å². The summed E-state index contributed by atoms with van der Waals surface area (Å²) < 4.78 is 11.2. The third-order valence-electron chi connectivity index (χ3n) is 3.26. The van der Waals surface area contributed by atoms with Crippen LogP contribution in [-0.2, 0) is 11.3 Å². The summed E-state index contributed by atoms with van der Waals surface area (Å²) in [6, 6.07) is 18.3. The first-order chi connectivity index (χ1) is 9.85. The first kappa shape index (κ1) is 14.6. The molecule has 0 amide bonds. The number of hydrogen-bond donors (Lipinski definition) is 1. The van der Waals surface area contributed by atoms with Crippen molar-refractivity contribution in [3.8, 4) is 5.75 Å². The molecule has 0 aliphatic carbocycles. The van der Waals surface area contributed by atoms with Gasteiger partial charge in [0.15, 0.2) is 0 Å². The number of benzene rings is 2. The van der Waals surface area contributed by atoms with Crippen LogP contribution in [0.2, 0.25) is 0 Å². The molecule has 1 atom stereocenters. The van der Waals surface area contributed by atoms with Gasteiger partial charge in [0.2, 0.25) is 0 Å². The molecule has 3 heteroatoms. The molecule has 0 heterocycles. The molecule has 2 rings (SSSR count). The first-order valence-corrected chi connectivity index (χ1v) is 6.77. The molecular weight excluding hydrogens is 250 g/mol. The van der Waals surface area contributed by atoms with E-state index in [1.54, 1.807) is 7.11 Å². The second-order valence-electron chi connectivity index (χ2n) is 4.58. The van der Waals surface area contributed by atoms with Gasteiger partial charge in [-0.25, -0.2) is 0 Å². The predicted octanol–water partition coefficient (Wildman–Crippen LogP) is 3.17. The van der Waals surface area contributed by atoms with E-state index in [2.05, 4.69) is 23.5 Å². The normalized spacial score (nSPS) is 12.1. The molecule has 1 unspecified atom stereocenters. The summed E-state index contributed by atoms with van der Waals surface area (Å²) in [6.45, 7) is 1.22. The zero-order valence-corrected chi connectivity index (χ0v) is 12.0. The molecule has 20 heavy (non-hydrogen) atoms. The van der Waals surface area contributed by atoms with Gasteiger partial charge in [-0.3, -0.25) is 0 Å². The van der Waals surface area contributed by atoms with Crippen LogP contribution >= 0.6 is 0 Å². The van der Waals surface area contributed by atoms with Crippen molar-refractivity contribution in [2.45, 2.75) is 12.6 Å². The van der Waals surface area contributed by atoms with E-state index in [9.17, 15) is 0 Å². The molecule has 0 aliphatic heterocycles. The third-order valence-corrected chi connectivity index (χ3v) is 3.26. The number of methoxy groups -OCH3 is 1. The van der Waals surface area contributed by atoms with Crippen LogP contribution in [0.1, 0.15) is 17.2 Å². The second-order valence-corrected chi connectivity index (χ2v) is 4.58. The maximum atomic E-state index is 5.81. The van der Waals surface area contributed by atoms with E-state index in [1.807, 2.05) is 43.4 Å². The Kier molecular flexibility index (Phi) is 5.59. The lowest BCUT2D eigenvalue weighted by molar-refractivity contribution is 0.0999. The SMILES string of the molecule is CNC(COCc1ccccc1)c1ccccc1OC. The van der Waals surface area contributed by atoms with E-state index in [0.717, 1.165) is 11.3 Å². The average molecular weight is 271 g/mol. The molecule has 0 aromatic heterocycles. The maximum absolute atomic E-state index is 5.81.